The Bertz CT molecular complexity index is 707. The summed E-state index contributed by atoms with van der Waals surface area (Å²) in [5.41, 5.74) is 1.16. The normalized spacial score (nSPS) is 14.3. The fourth-order valence-corrected chi connectivity index (χ4v) is 2.51. The molecule has 1 aromatic carbocycles. The van der Waals surface area contributed by atoms with Gasteiger partial charge in [-0.05, 0) is 25.9 Å². The molecule has 1 aliphatic heterocycles. The lowest BCUT2D eigenvalue weighted by molar-refractivity contribution is 0.0950. The fourth-order valence-electron chi connectivity index (χ4n) is 2.51. The van der Waals surface area contributed by atoms with Crippen LogP contribution in [-0.2, 0) is 0 Å². The monoisotopic (exact) mass is 309 g/mol. The summed E-state index contributed by atoms with van der Waals surface area (Å²) in [4.78, 5) is 14.3. The van der Waals surface area contributed by atoms with E-state index in [1.807, 2.05) is 30.3 Å². The van der Waals surface area contributed by atoms with Crippen molar-refractivity contribution in [2.75, 3.05) is 26.2 Å². The first-order valence-corrected chi connectivity index (χ1v) is 7.81. The number of carbonyl (C=O) groups excluding carboxylic acids is 1. The highest BCUT2D eigenvalue weighted by atomic mass is 16.5. The van der Waals surface area contributed by atoms with Gasteiger partial charge in [0.1, 0.15) is 0 Å². The lowest BCUT2D eigenvalue weighted by Gasteiger charge is -2.08. The minimum absolute atomic E-state index is 0.269. The van der Waals surface area contributed by atoms with E-state index in [1.54, 1.807) is 6.07 Å². The molecule has 5 heteroatoms. The highest BCUT2D eigenvalue weighted by Gasteiger charge is 2.12. The van der Waals surface area contributed by atoms with E-state index in [9.17, 15) is 4.79 Å². The van der Waals surface area contributed by atoms with Gasteiger partial charge in [0, 0.05) is 11.6 Å². The molecule has 0 bridgehead atoms. The second-order valence-corrected chi connectivity index (χ2v) is 5.46. The molecule has 23 heavy (non-hydrogen) atoms. The van der Waals surface area contributed by atoms with Crippen LogP contribution in [0.5, 0.6) is 0 Å². The van der Waals surface area contributed by atoms with Crippen LogP contribution in [0.1, 0.15) is 23.3 Å². The zero-order valence-corrected chi connectivity index (χ0v) is 12.9. The molecular formula is C18H19N3O2. The van der Waals surface area contributed by atoms with E-state index in [2.05, 4.69) is 27.2 Å². The zero-order valence-electron chi connectivity index (χ0n) is 12.9. The lowest BCUT2D eigenvalue weighted by Crippen LogP contribution is -2.24. The van der Waals surface area contributed by atoms with Crippen LogP contribution in [0.25, 0.3) is 11.3 Å². The molecule has 1 aromatic heterocycles. The molecule has 5 nitrogen and oxygen atoms in total. The maximum Gasteiger partial charge on any atom is 0.274 e. The highest BCUT2D eigenvalue weighted by molar-refractivity contribution is 5.93. The topological polar surface area (TPSA) is 58.4 Å². The van der Waals surface area contributed by atoms with E-state index in [4.69, 9.17) is 4.52 Å². The first-order chi connectivity index (χ1) is 11.3. The Morgan fingerprint density at radius 1 is 1.22 bits per heavy atom. The Morgan fingerprint density at radius 2 is 2.00 bits per heavy atom. The number of hydrogen-bond acceptors (Lipinski definition) is 4. The molecule has 1 N–H and O–H groups in total. The number of hydrogen-bond donors (Lipinski definition) is 1. The SMILES string of the molecule is O=C(NCC#CCN1CCCC1)c1cc(-c2ccccc2)on1. The van der Waals surface area contributed by atoms with E-state index < -0.39 is 0 Å². The van der Waals surface area contributed by atoms with Crippen LogP contribution >= 0.6 is 0 Å². The Morgan fingerprint density at radius 3 is 2.78 bits per heavy atom. The van der Waals surface area contributed by atoms with Crippen LogP contribution in [-0.4, -0.2) is 42.1 Å². The van der Waals surface area contributed by atoms with Gasteiger partial charge in [-0.2, -0.15) is 0 Å². The molecule has 0 saturated carbocycles. The van der Waals surface area contributed by atoms with Gasteiger partial charge >= 0.3 is 0 Å². The number of nitrogens with zero attached hydrogens (tertiary/aromatic N) is 2. The third-order valence-electron chi connectivity index (χ3n) is 3.76. The number of rotatable bonds is 4. The number of carbonyl (C=O) groups is 1. The molecule has 1 fully saturated rings. The molecule has 1 amide bonds. The van der Waals surface area contributed by atoms with Crippen LogP contribution in [0.2, 0.25) is 0 Å². The summed E-state index contributed by atoms with van der Waals surface area (Å²) in [6.45, 7) is 3.35. The third kappa shape index (κ3) is 4.21. The summed E-state index contributed by atoms with van der Waals surface area (Å²) >= 11 is 0. The second-order valence-electron chi connectivity index (χ2n) is 5.46. The van der Waals surface area contributed by atoms with Crippen LogP contribution in [0, 0.1) is 11.8 Å². The molecule has 0 aliphatic carbocycles. The van der Waals surface area contributed by atoms with Gasteiger partial charge in [-0.25, -0.2) is 0 Å². The Balaban J connectivity index is 1.49. The van der Waals surface area contributed by atoms with Crippen molar-refractivity contribution in [2.24, 2.45) is 0 Å². The van der Waals surface area contributed by atoms with Crippen molar-refractivity contribution in [3.63, 3.8) is 0 Å². The van der Waals surface area contributed by atoms with E-state index >= 15 is 0 Å². The van der Waals surface area contributed by atoms with Crippen LogP contribution in [0.15, 0.2) is 40.9 Å². The largest absolute Gasteiger partial charge is 0.355 e. The average molecular weight is 309 g/mol. The standard InChI is InChI=1S/C18H19N3O2/c22-18(19-10-4-5-11-21-12-6-7-13-21)16-14-17(23-20-16)15-8-2-1-3-9-15/h1-3,8-9,14H,6-7,10-13H2,(H,19,22). The molecule has 0 atom stereocenters. The van der Waals surface area contributed by atoms with Gasteiger partial charge in [-0.15, -0.1) is 0 Å². The quantitative estimate of drug-likeness (QED) is 0.880. The fraction of sp³-hybridized carbons (Fsp3) is 0.333. The first kappa shape index (κ1) is 15.3. The molecular weight excluding hydrogens is 290 g/mol. The summed E-state index contributed by atoms with van der Waals surface area (Å²) in [5.74, 6) is 6.36. The van der Waals surface area contributed by atoms with Gasteiger partial charge in [0.2, 0.25) is 0 Å². The molecule has 1 aliphatic rings. The summed E-state index contributed by atoms with van der Waals surface area (Å²) in [6.07, 6.45) is 2.52. The van der Waals surface area contributed by atoms with Gasteiger partial charge in [-0.3, -0.25) is 9.69 Å². The number of aromatic nitrogens is 1. The highest BCUT2D eigenvalue weighted by Crippen LogP contribution is 2.19. The van der Waals surface area contributed by atoms with E-state index in [1.165, 1.54) is 12.8 Å². The Hall–Kier alpha value is -2.58. The molecule has 0 unspecified atom stereocenters. The zero-order chi connectivity index (χ0) is 15.9. The smallest absolute Gasteiger partial charge is 0.274 e. The van der Waals surface area contributed by atoms with Crippen molar-refractivity contribution in [1.29, 1.82) is 0 Å². The number of amides is 1. The maximum absolute atomic E-state index is 12.0. The average Bonchev–Trinajstić information content (AvgIpc) is 3.27. The minimum atomic E-state index is -0.272. The molecule has 1 saturated heterocycles. The van der Waals surface area contributed by atoms with Gasteiger partial charge in [0.05, 0.1) is 13.1 Å². The Kier molecular flexibility index (Phi) is 5.07. The van der Waals surface area contributed by atoms with Crippen molar-refractivity contribution in [3.8, 4) is 23.2 Å². The first-order valence-electron chi connectivity index (χ1n) is 7.81. The van der Waals surface area contributed by atoms with Crippen molar-refractivity contribution in [2.45, 2.75) is 12.8 Å². The van der Waals surface area contributed by atoms with Crippen LogP contribution in [0.3, 0.4) is 0 Å². The van der Waals surface area contributed by atoms with E-state index in [0.717, 1.165) is 25.2 Å². The summed E-state index contributed by atoms with van der Waals surface area (Å²) < 4.78 is 5.21. The molecule has 118 valence electrons. The number of benzene rings is 1. The van der Waals surface area contributed by atoms with Crippen LogP contribution < -0.4 is 5.32 Å². The van der Waals surface area contributed by atoms with Gasteiger partial charge in [-0.1, -0.05) is 47.3 Å². The van der Waals surface area contributed by atoms with Crippen molar-refractivity contribution >= 4 is 5.91 Å². The van der Waals surface area contributed by atoms with Crippen LogP contribution in [0.4, 0.5) is 0 Å². The summed E-state index contributed by atoms with van der Waals surface area (Å²) in [6, 6.07) is 11.2. The van der Waals surface area contributed by atoms with Gasteiger partial charge < -0.3 is 9.84 Å². The molecule has 2 heterocycles. The third-order valence-corrected chi connectivity index (χ3v) is 3.76. The van der Waals surface area contributed by atoms with Crippen molar-refractivity contribution < 1.29 is 9.32 Å². The van der Waals surface area contributed by atoms with Gasteiger partial charge in [0.25, 0.3) is 5.91 Å². The summed E-state index contributed by atoms with van der Waals surface area (Å²) in [5, 5.41) is 6.55. The minimum Gasteiger partial charge on any atom is -0.355 e. The van der Waals surface area contributed by atoms with Crippen molar-refractivity contribution in [3.05, 3.63) is 42.1 Å². The van der Waals surface area contributed by atoms with Gasteiger partial charge in [0.15, 0.2) is 11.5 Å². The molecule has 0 spiro atoms. The van der Waals surface area contributed by atoms with E-state index in [-0.39, 0.29) is 11.6 Å². The molecule has 3 rings (SSSR count). The molecule has 0 radical (unpaired) electrons. The lowest BCUT2D eigenvalue weighted by atomic mass is 10.1. The predicted octanol–water partition coefficient (Wildman–Crippen LogP) is 2.17. The summed E-state index contributed by atoms with van der Waals surface area (Å²) in [7, 11) is 0. The number of likely N-dealkylation sites (tertiary alicyclic amines) is 1. The molecule has 2 aromatic rings. The van der Waals surface area contributed by atoms with Crippen molar-refractivity contribution in [1.82, 2.24) is 15.4 Å². The number of nitrogens with one attached hydrogen (secondary N) is 1. The maximum atomic E-state index is 12.0. The predicted molar refractivity (Wildman–Crippen MR) is 87.7 cm³/mol. The second kappa shape index (κ2) is 7.61. The Labute approximate surface area is 135 Å². The van der Waals surface area contributed by atoms with E-state index in [0.29, 0.717) is 12.3 Å².